The number of hydrazine groups is 3. The number of ether oxygens (including phenoxy) is 5. The number of benzene rings is 6. The molecule has 0 radical (unpaired) electrons. The Labute approximate surface area is 479 Å². The SMILES string of the molecule is CN(C)C(=O)Oc1ccc(C(=O)NN(C(=O)c2ccccc2)C(C)(C)C)cc1.COC(=O)COc1ccc(C(=O)NN(C(=O)c2ccccc2)C(C)(C)C)cc1.COCOc1ccc(C(=O)NN(C(=O)c2ccccc2)C(C)(C)C)cc1. The molecule has 0 aliphatic rings. The zero-order chi connectivity index (χ0) is 60.8. The van der Waals surface area contributed by atoms with Crippen molar-refractivity contribution in [2.24, 2.45) is 0 Å². The number of methoxy groups -OCH3 is 2. The van der Waals surface area contributed by atoms with Gasteiger partial charge in [0, 0.05) is 54.6 Å². The van der Waals surface area contributed by atoms with E-state index in [1.165, 1.54) is 58.4 Å². The standard InChI is InChI=1S/C21H25N3O4.C21H24N2O5.C20H24N2O4/c1-21(2,3)24(19(26)16-9-7-6-8-10-16)22-18(25)15-11-13-17(14-12-15)28-20(27)23(4)5;1-21(2,3)23(20(26)16-8-6-5-7-9-16)22-19(25)15-10-12-17(13-11-15)28-14-18(24)27-4;1-20(2,3)22(19(24)16-8-6-5-7-9-16)21-18(23)15-10-12-17(13-11-15)26-14-25-4/h6-14H,1-5H3,(H,22,25);5-13H,14H2,1-4H3,(H,22,25);5-13H,14H2,1-4H3,(H,21,23). The topological polar surface area (TPSA) is 232 Å². The number of carbonyl (C=O) groups is 8. The molecule has 0 atom stereocenters. The first-order chi connectivity index (χ1) is 38.6. The van der Waals surface area contributed by atoms with Crippen LogP contribution in [0.15, 0.2) is 164 Å². The summed E-state index contributed by atoms with van der Waals surface area (Å²) in [5.74, 6) is -1.29. The third kappa shape index (κ3) is 20.3. The van der Waals surface area contributed by atoms with Crippen molar-refractivity contribution in [1.29, 1.82) is 0 Å². The third-order valence-electron chi connectivity index (χ3n) is 11.2. The van der Waals surface area contributed by atoms with Gasteiger partial charge in [0.05, 0.1) is 23.7 Å². The van der Waals surface area contributed by atoms with Crippen LogP contribution in [-0.4, -0.2) is 126 Å². The monoisotopic (exact) mass is 1120 g/mol. The fourth-order valence-electron chi connectivity index (χ4n) is 6.80. The molecule has 20 nitrogen and oxygen atoms in total. The lowest BCUT2D eigenvalue weighted by molar-refractivity contribution is -0.142. The maximum absolute atomic E-state index is 12.8. The molecule has 0 spiro atoms. The predicted molar refractivity (Wildman–Crippen MR) is 309 cm³/mol. The van der Waals surface area contributed by atoms with E-state index in [0.717, 1.165) is 0 Å². The summed E-state index contributed by atoms with van der Waals surface area (Å²) >= 11 is 0. The van der Waals surface area contributed by atoms with Crippen LogP contribution in [0.5, 0.6) is 17.2 Å². The number of nitrogens with zero attached hydrogens (tertiary/aromatic N) is 4. The van der Waals surface area contributed by atoms with E-state index in [4.69, 9.17) is 18.9 Å². The number of hydrogen-bond acceptors (Lipinski definition) is 13. The molecule has 0 fully saturated rings. The molecule has 6 aromatic rings. The van der Waals surface area contributed by atoms with Crippen LogP contribution in [0, 0.1) is 0 Å². The normalized spacial score (nSPS) is 10.8. The maximum Gasteiger partial charge on any atom is 0.414 e. The minimum atomic E-state index is -0.635. The van der Waals surface area contributed by atoms with Crippen molar-refractivity contribution < 1.29 is 62.0 Å². The van der Waals surface area contributed by atoms with Crippen LogP contribution >= 0.6 is 0 Å². The van der Waals surface area contributed by atoms with Crippen molar-refractivity contribution in [2.75, 3.05) is 41.7 Å². The molecule has 20 heteroatoms. The molecule has 0 saturated carbocycles. The lowest BCUT2D eigenvalue weighted by atomic mass is 10.1. The quantitative estimate of drug-likeness (QED) is 0.0556. The van der Waals surface area contributed by atoms with Gasteiger partial charge < -0.3 is 28.6 Å². The molecule has 0 aliphatic heterocycles. The first kappa shape index (κ1) is 65.0. The molecule has 0 aliphatic carbocycles. The summed E-state index contributed by atoms with van der Waals surface area (Å²) in [4.78, 5) is 100. The second kappa shape index (κ2) is 30.1. The van der Waals surface area contributed by atoms with Crippen LogP contribution in [0.2, 0.25) is 0 Å². The molecular weight excluding hydrogens is 1050 g/mol. The van der Waals surface area contributed by atoms with Crippen molar-refractivity contribution >= 4 is 47.5 Å². The van der Waals surface area contributed by atoms with Gasteiger partial charge in [-0.1, -0.05) is 54.6 Å². The summed E-state index contributed by atoms with van der Waals surface area (Å²) in [6.07, 6.45) is -0.510. The van der Waals surface area contributed by atoms with Crippen LogP contribution in [-0.2, 0) is 14.3 Å². The smallest absolute Gasteiger partial charge is 0.414 e. The minimum absolute atomic E-state index is 0.134. The van der Waals surface area contributed by atoms with Gasteiger partial charge in [-0.2, -0.15) is 0 Å². The molecule has 0 heterocycles. The van der Waals surface area contributed by atoms with Gasteiger partial charge in [0.2, 0.25) is 0 Å². The van der Waals surface area contributed by atoms with Gasteiger partial charge in [-0.15, -0.1) is 0 Å². The van der Waals surface area contributed by atoms with Crippen LogP contribution in [0.4, 0.5) is 4.79 Å². The molecule has 0 bridgehead atoms. The Kier molecular flexibility index (Phi) is 23.9. The van der Waals surface area contributed by atoms with E-state index in [-0.39, 0.29) is 37.0 Å². The molecular formula is C62H73N7O13. The highest BCUT2D eigenvalue weighted by atomic mass is 16.7. The van der Waals surface area contributed by atoms with Gasteiger partial charge in [-0.25, -0.2) is 24.6 Å². The first-order valence-corrected chi connectivity index (χ1v) is 25.8. The molecule has 0 unspecified atom stereocenters. The van der Waals surface area contributed by atoms with Crippen molar-refractivity contribution in [1.82, 2.24) is 36.2 Å². The Morgan fingerprint density at radius 2 is 0.683 bits per heavy atom. The van der Waals surface area contributed by atoms with Crippen LogP contribution in [0.25, 0.3) is 0 Å². The summed E-state index contributed by atoms with van der Waals surface area (Å²) in [7, 11) is 5.97. The van der Waals surface area contributed by atoms with Crippen LogP contribution in [0.1, 0.15) is 124 Å². The number of rotatable bonds is 13. The van der Waals surface area contributed by atoms with Gasteiger partial charge in [0.15, 0.2) is 13.4 Å². The van der Waals surface area contributed by atoms with Gasteiger partial charge in [-0.05, 0) is 172 Å². The van der Waals surface area contributed by atoms with E-state index >= 15 is 0 Å². The predicted octanol–water partition coefficient (Wildman–Crippen LogP) is 9.41. The molecule has 7 amide bonds. The van der Waals surface area contributed by atoms with E-state index in [2.05, 4.69) is 21.0 Å². The number of esters is 1. The second-order valence-corrected chi connectivity index (χ2v) is 21.1. The molecule has 434 valence electrons. The molecule has 6 rings (SSSR count). The van der Waals surface area contributed by atoms with Crippen molar-refractivity contribution in [2.45, 2.75) is 78.9 Å². The Bertz CT molecular complexity index is 3070. The van der Waals surface area contributed by atoms with Crippen molar-refractivity contribution in [3.05, 3.63) is 197 Å². The fraction of sp³-hybridized carbons (Fsp3) is 0.290. The highest BCUT2D eigenvalue weighted by Crippen LogP contribution is 2.21. The Morgan fingerprint density at radius 1 is 0.390 bits per heavy atom. The number of carbonyl (C=O) groups excluding carboxylic acids is 8. The van der Waals surface area contributed by atoms with E-state index in [9.17, 15) is 38.4 Å². The average Bonchev–Trinajstić information content (AvgIpc) is 3.59. The lowest BCUT2D eigenvalue weighted by Gasteiger charge is -2.35. The summed E-state index contributed by atoms with van der Waals surface area (Å²) in [5.41, 5.74) is 8.77. The summed E-state index contributed by atoms with van der Waals surface area (Å²) in [5, 5.41) is 3.97. The maximum atomic E-state index is 12.8. The average molecular weight is 1120 g/mol. The van der Waals surface area contributed by atoms with E-state index in [1.54, 1.807) is 135 Å². The molecule has 6 aromatic carbocycles. The number of nitrogens with one attached hydrogen (secondary N) is 3. The Balaban J connectivity index is 0.000000265. The van der Waals surface area contributed by atoms with Gasteiger partial charge in [-0.3, -0.25) is 45.0 Å². The van der Waals surface area contributed by atoms with E-state index in [1.807, 2.05) is 80.5 Å². The minimum Gasteiger partial charge on any atom is -0.482 e. The molecule has 3 N–H and O–H groups in total. The van der Waals surface area contributed by atoms with Gasteiger partial charge in [0.25, 0.3) is 35.4 Å². The largest absolute Gasteiger partial charge is 0.482 e. The lowest BCUT2D eigenvalue weighted by Crippen LogP contribution is -2.55. The summed E-state index contributed by atoms with van der Waals surface area (Å²) < 4.78 is 25.0. The van der Waals surface area contributed by atoms with E-state index in [0.29, 0.717) is 50.6 Å². The van der Waals surface area contributed by atoms with Crippen molar-refractivity contribution in [3.63, 3.8) is 0 Å². The number of hydrogen-bond donors (Lipinski definition) is 3. The van der Waals surface area contributed by atoms with Crippen LogP contribution in [0.3, 0.4) is 0 Å². The van der Waals surface area contributed by atoms with Gasteiger partial charge in [0.1, 0.15) is 17.2 Å². The molecule has 0 saturated heterocycles. The Morgan fingerprint density at radius 3 is 0.951 bits per heavy atom. The third-order valence-corrected chi connectivity index (χ3v) is 11.2. The number of amides is 7. The van der Waals surface area contributed by atoms with Crippen molar-refractivity contribution in [3.8, 4) is 17.2 Å². The summed E-state index contributed by atoms with van der Waals surface area (Å²) in [6.45, 7) is 16.5. The molecule has 82 heavy (non-hydrogen) atoms. The zero-order valence-corrected chi connectivity index (χ0v) is 48.6. The Hall–Kier alpha value is -9.56. The zero-order valence-electron chi connectivity index (χ0n) is 48.6. The fourth-order valence-corrected chi connectivity index (χ4v) is 6.80. The van der Waals surface area contributed by atoms with Crippen LogP contribution < -0.4 is 30.5 Å². The highest BCUT2D eigenvalue weighted by molar-refractivity contribution is 6.01. The van der Waals surface area contributed by atoms with Gasteiger partial charge >= 0.3 is 12.1 Å². The molecule has 0 aromatic heterocycles. The second-order valence-electron chi connectivity index (χ2n) is 21.1. The highest BCUT2D eigenvalue weighted by Gasteiger charge is 2.32. The summed E-state index contributed by atoms with van der Waals surface area (Å²) in [6, 6.07) is 45.3. The first-order valence-electron chi connectivity index (χ1n) is 25.8. The van der Waals surface area contributed by atoms with E-state index < -0.39 is 40.5 Å².